The van der Waals surface area contributed by atoms with Crippen LogP contribution in [0.1, 0.15) is 33.4 Å². The third-order valence-corrected chi connectivity index (χ3v) is 6.98. The first-order chi connectivity index (χ1) is 17.0. The molecule has 1 fully saturated rings. The van der Waals surface area contributed by atoms with Crippen molar-refractivity contribution in [2.75, 3.05) is 25.4 Å². The van der Waals surface area contributed by atoms with E-state index in [1.54, 1.807) is 45.2 Å². The number of nitrogens with zero attached hydrogens (tertiary/aromatic N) is 3. The molecule has 2 aliphatic rings. The zero-order chi connectivity index (χ0) is 26.6. The number of hydrogen-bond donors (Lipinski definition) is 2. The van der Waals surface area contributed by atoms with Gasteiger partial charge >= 0.3 is 11.9 Å². The number of thiazole rings is 1. The summed E-state index contributed by atoms with van der Waals surface area (Å²) in [5, 5.41) is 7.59. The molecule has 0 saturated carbocycles. The van der Waals surface area contributed by atoms with Crippen LogP contribution in [0, 0.1) is 5.41 Å². The van der Waals surface area contributed by atoms with Crippen molar-refractivity contribution in [3.63, 3.8) is 0 Å². The number of amides is 2. The molecule has 0 unspecified atom stereocenters. The molecule has 1 aromatic heterocycles. The smallest absolute Gasteiger partial charge is 0.358 e. The van der Waals surface area contributed by atoms with Crippen LogP contribution < -0.4 is 11.1 Å². The van der Waals surface area contributed by atoms with Gasteiger partial charge in [0.15, 0.2) is 10.8 Å². The summed E-state index contributed by atoms with van der Waals surface area (Å²) < 4.78 is 10.2. The molecule has 36 heavy (non-hydrogen) atoms. The molecule has 3 N–H and O–H groups in total. The number of allylic oxidation sites excluding steroid dienone is 2. The molecule has 14 heteroatoms. The van der Waals surface area contributed by atoms with E-state index >= 15 is 0 Å². The lowest BCUT2D eigenvalue weighted by Gasteiger charge is -2.49. The van der Waals surface area contributed by atoms with Crippen LogP contribution in [0.3, 0.4) is 0 Å². The van der Waals surface area contributed by atoms with Gasteiger partial charge in [0.1, 0.15) is 29.9 Å². The number of fused-ring (bicyclic) bond motifs is 1. The Hall–Kier alpha value is -3.39. The van der Waals surface area contributed by atoms with Crippen LogP contribution in [0.25, 0.3) is 0 Å². The van der Waals surface area contributed by atoms with Crippen molar-refractivity contribution in [1.29, 1.82) is 0 Å². The summed E-state index contributed by atoms with van der Waals surface area (Å²) in [5.41, 5.74) is 5.57. The maximum absolute atomic E-state index is 13.1. The van der Waals surface area contributed by atoms with Gasteiger partial charge in [0.2, 0.25) is 6.79 Å². The number of thioether (sulfide) groups is 1. The molecule has 0 bridgehead atoms. The number of hydrogen-bond acceptors (Lipinski definition) is 12. The molecular weight excluding hydrogens is 510 g/mol. The van der Waals surface area contributed by atoms with Crippen LogP contribution in [-0.2, 0) is 33.5 Å². The van der Waals surface area contributed by atoms with Crippen LogP contribution in [0.2, 0.25) is 0 Å². The highest BCUT2D eigenvalue weighted by atomic mass is 32.2. The summed E-state index contributed by atoms with van der Waals surface area (Å²) in [4.78, 5) is 60.9. The Labute approximate surface area is 215 Å². The standard InChI is InChI=1S/C22H27N5O7S2/c1-6-7-11-8-35-18-14(25-16(28)13(26-32-5)12-9-36-21(23)24-12)17(29)27(18)15(11)19(30)33-10-34-20(31)22(2,3)4/h6-7,9,14,18H,8,10H2,1-5H3,(H2,23,24)(H,25,28)/b7-6+,26-13-/t14-,18-/m1/s1. The molecule has 0 spiro atoms. The molecular formula is C22H27N5O7S2. The van der Waals surface area contributed by atoms with E-state index in [-0.39, 0.29) is 22.2 Å². The molecule has 194 valence electrons. The van der Waals surface area contributed by atoms with Crippen molar-refractivity contribution >= 4 is 57.7 Å². The number of esters is 2. The minimum Gasteiger partial charge on any atom is -0.427 e. The minimum absolute atomic E-state index is 0.0391. The summed E-state index contributed by atoms with van der Waals surface area (Å²) in [6.07, 6.45) is 3.44. The molecule has 12 nitrogen and oxygen atoms in total. The van der Waals surface area contributed by atoms with Crippen LogP contribution in [0.5, 0.6) is 0 Å². The van der Waals surface area contributed by atoms with Gasteiger partial charge in [-0.05, 0) is 33.3 Å². The van der Waals surface area contributed by atoms with Crippen molar-refractivity contribution in [1.82, 2.24) is 15.2 Å². The Morgan fingerprint density at radius 1 is 1.33 bits per heavy atom. The second-order valence-electron chi connectivity index (χ2n) is 8.66. The predicted molar refractivity (Wildman–Crippen MR) is 133 cm³/mol. The monoisotopic (exact) mass is 537 g/mol. The van der Waals surface area contributed by atoms with E-state index in [4.69, 9.17) is 20.0 Å². The number of anilines is 1. The van der Waals surface area contributed by atoms with E-state index < -0.39 is 47.4 Å². The lowest BCUT2D eigenvalue weighted by atomic mass is 9.98. The first-order valence-corrected chi connectivity index (χ1v) is 12.7. The predicted octanol–water partition coefficient (Wildman–Crippen LogP) is 1.40. The highest BCUT2D eigenvalue weighted by Gasteiger charge is 2.54. The van der Waals surface area contributed by atoms with E-state index in [0.717, 1.165) is 11.3 Å². The van der Waals surface area contributed by atoms with Gasteiger partial charge in [-0.1, -0.05) is 17.3 Å². The zero-order valence-electron chi connectivity index (χ0n) is 20.4. The average molecular weight is 538 g/mol. The van der Waals surface area contributed by atoms with Crippen LogP contribution in [0.15, 0.2) is 34.0 Å². The fourth-order valence-electron chi connectivity index (χ4n) is 3.28. The largest absolute Gasteiger partial charge is 0.427 e. The van der Waals surface area contributed by atoms with Crippen molar-refractivity contribution in [2.24, 2.45) is 10.6 Å². The van der Waals surface area contributed by atoms with Crippen molar-refractivity contribution in [2.45, 2.75) is 39.1 Å². The lowest BCUT2D eigenvalue weighted by molar-refractivity contribution is -0.173. The summed E-state index contributed by atoms with van der Waals surface area (Å²) in [6, 6.07) is -0.922. The highest BCUT2D eigenvalue weighted by molar-refractivity contribution is 8.00. The van der Waals surface area contributed by atoms with Crippen LogP contribution in [-0.4, -0.2) is 70.4 Å². The van der Waals surface area contributed by atoms with Gasteiger partial charge in [-0.25, -0.2) is 9.78 Å². The Bertz CT molecular complexity index is 1150. The summed E-state index contributed by atoms with van der Waals surface area (Å²) in [5.74, 6) is -2.14. The molecule has 2 aliphatic heterocycles. The maximum atomic E-state index is 13.1. The number of oxime groups is 1. The molecule has 3 rings (SSSR count). The summed E-state index contributed by atoms with van der Waals surface area (Å²) >= 11 is 2.50. The number of nitrogen functional groups attached to an aromatic ring is 1. The van der Waals surface area contributed by atoms with Gasteiger partial charge in [0.25, 0.3) is 11.8 Å². The number of nitrogens with one attached hydrogen (secondary N) is 1. The molecule has 2 atom stereocenters. The third kappa shape index (κ3) is 5.70. The molecule has 0 radical (unpaired) electrons. The molecule has 0 aromatic carbocycles. The zero-order valence-corrected chi connectivity index (χ0v) is 22.0. The Kier molecular flexibility index (Phi) is 8.40. The third-order valence-electron chi connectivity index (χ3n) is 5.00. The summed E-state index contributed by atoms with van der Waals surface area (Å²) in [6.45, 7) is 6.21. The first-order valence-electron chi connectivity index (χ1n) is 10.8. The van der Waals surface area contributed by atoms with Crippen LogP contribution in [0.4, 0.5) is 5.13 Å². The molecule has 1 aromatic rings. The van der Waals surface area contributed by atoms with E-state index in [9.17, 15) is 19.2 Å². The van der Waals surface area contributed by atoms with Gasteiger partial charge in [-0.2, -0.15) is 0 Å². The van der Waals surface area contributed by atoms with E-state index in [1.165, 1.54) is 23.8 Å². The number of β-lactam (4-membered cyclic amide) rings is 1. The highest BCUT2D eigenvalue weighted by Crippen LogP contribution is 2.41. The van der Waals surface area contributed by atoms with Gasteiger partial charge < -0.3 is 25.4 Å². The van der Waals surface area contributed by atoms with Gasteiger partial charge in [0, 0.05) is 11.1 Å². The number of ether oxygens (including phenoxy) is 2. The number of nitrogens with two attached hydrogens (primary N) is 1. The Balaban J connectivity index is 1.74. The number of aromatic nitrogens is 1. The van der Waals surface area contributed by atoms with E-state index in [1.807, 2.05) is 0 Å². The second kappa shape index (κ2) is 11.1. The minimum atomic E-state index is -0.922. The Morgan fingerprint density at radius 3 is 2.64 bits per heavy atom. The molecule has 2 amide bonds. The SMILES string of the molecule is C/C=C/C1=C(C(=O)OCOC(=O)C(C)(C)C)N2C(=O)[C@@H](NC(=O)/C(=N\OC)c3csc(N)n3)[C@H]2SC1. The molecule has 1 saturated heterocycles. The molecule has 0 aliphatic carbocycles. The fraction of sp³-hybridized carbons (Fsp3) is 0.455. The van der Waals surface area contributed by atoms with E-state index in [0.29, 0.717) is 11.3 Å². The average Bonchev–Trinajstić information content (AvgIpc) is 3.25. The lowest BCUT2D eigenvalue weighted by Crippen LogP contribution is -2.71. The molecule has 3 heterocycles. The van der Waals surface area contributed by atoms with Gasteiger partial charge in [-0.3, -0.25) is 19.3 Å². The topological polar surface area (TPSA) is 163 Å². The normalized spacial score (nSPS) is 20.1. The van der Waals surface area contributed by atoms with Gasteiger partial charge in [0.05, 0.1) is 5.41 Å². The number of rotatable bonds is 8. The van der Waals surface area contributed by atoms with Crippen molar-refractivity contribution in [3.05, 3.63) is 34.5 Å². The quantitative estimate of drug-likeness (QED) is 0.163. The maximum Gasteiger partial charge on any atom is 0.358 e. The van der Waals surface area contributed by atoms with E-state index in [2.05, 4.69) is 15.5 Å². The second-order valence-corrected chi connectivity index (χ2v) is 10.7. The van der Waals surface area contributed by atoms with Crippen molar-refractivity contribution in [3.8, 4) is 0 Å². The first kappa shape index (κ1) is 27.2. The number of carbonyl (C=O) groups excluding carboxylic acids is 4. The fourth-order valence-corrected chi connectivity index (χ4v) is 5.15. The van der Waals surface area contributed by atoms with Crippen LogP contribution >= 0.6 is 23.1 Å². The summed E-state index contributed by atoms with van der Waals surface area (Å²) in [7, 11) is 1.28. The Morgan fingerprint density at radius 2 is 2.06 bits per heavy atom. The van der Waals surface area contributed by atoms with Crippen molar-refractivity contribution < 1.29 is 33.5 Å². The number of carbonyl (C=O) groups is 4. The van der Waals surface area contributed by atoms with Gasteiger partial charge in [-0.15, -0.1) is 23.1 Å².